The van der Waals surface area contributed by atoms with Crippen LogP contribution in [0.15, 0.2) is 85.5 Å². The molecule has 4 atom stereocenters. The molecule has 7 aromatic rings. The summed E-state index contributed by atoms with van der Waals surface area (Å²) in [7, 11) is 3.44. The fourth-order valence-corrected chi connectivity index (χ4v) is 9.03. The Labute approximate surface area is 343 Å². The monoisotopic (exact) mass is 819 g/mol. The predicted molar refractivity (Wildman–Crippen MR) is 227 cm³/mol. The van der Waals surface area contributed by atoms with E-state index in [1.165, 1.54) is 11.3 Å². The van der Waals surface area contributed by atoms with Crippen LogP contribution in [0.5, 0.6) is 23.0 Å². The molecule has 2 aliphatic rings. The van der Waals surface area contributed by atoms with E-state index in [9.17, 15) is 15.0 Å². The number of amides is 1. The zero-order valence-electron chi connectivity index (χ0n) is 32.2. The Morgan fingerprint density at radius 2 is 1.26 bits per heavy atom. The van der Waals surface area contributed by atoms with Crippen LogP contribution in [0.3, 0.4) is 0 Å². The van der Waals surface area contributed by atoms with Crippen LogP contribution in [0.2, 0.25) is 0 Å². The molecule has 5 aromatic heterocycles. The molecule has 2 aromatic carbocycles. The van der Waals surface area contributed by atoms with Gasteiger partial charge in [-0.2, -0.15) is 5.10 Å². The summed E-state index contributed by atoms with van der Waals surface area (Å²) in [5.41, 5.74) is 3.87. The fraction of sp³-hybridized carbons (Fsp3) is 0.333. The van der Waals surface area contributed by atoms with Gasteiger partial charge in [-0.1, -0.05) is 48.4 Å². The van der Waals surface area contributed by atoms with Crippen LogP contribution in [0.4, 0.5) is 10.3 Å². The van der Waals surface area contributed by atoms with Gasteiger partial charge in [0.25, 0.3) is 5.91 Å². The fourth-order valence-electron chi connectivity index (χ4n) is 7.12. The standard InChI is InChI=1S/C22H23N5O2S.C20H22N4O3S/c1-27-13-14(12-24-27)19-10-16(8-9-23-19)29-15-6-7-18-21(11-15)30-22(26-18)25-17-4-2-3-5-20(17)28;1-21-19(26)16-10-13(8-9-22-16)27-12-6-7-15-18(11-12)28-20(24-15)23-14-4-2-3-5-17(14)25/h6-13,17,20,28H,2-5H2,1H3,(H,25,26);6-11,14,17,25H,2-5H2,1H3,(H,21,26)(H,23,24)/t17-,20-;14-,17-/m11/s1. The van der Waals surface area contributed by atoms with Gasteiger partial charge in [-0.25, -0.2) is 9.97 Å². The molecule has 0 aliphatic heterocycles. The summed E-state index contributed by atoms with van der Waals surface area (Å²) in [5.74, 6) is 2.41. The van der Waals surface area contributed by atoms with E-state index in [1.54, 1.807) is 53.8 Å². The third kappa shape index (κ3) is 9.53. The van der Waals surface area contributed by atoms with Crippen molar-refractivity contribution in [3.05, 3.63) is 91.1 Å². The molecule has 0 bridgehead atoms. The van der Waals surface area contributed by atoms with Crippen LogP contribution in [-0.2, 0) is 7.05 Å². The summed E-state index contributed by atoms with van der Waals surface area (Å²) in [6.07, 6.45) is 14.4. The third-order valence-corrected chi connectivity index (χ3v) is 12.1. The number of aliphatic hydroxyl groups excluding tert-OH is 2. The zero-order valence-corrected chi connectivity index (χ0v) is 33.8. The van der Waals surface area contributed by atoms with Crippen molar-refractivity contribution in [3.63, 3.8) is 0 Å². The highest BCUT2D eigenvalue weighted by Gasteiger charge is 2.25. The minimum Gasteiger partial charge on any atom is -0.457 e. The van der Waals surface area contributed by atoms with Gasteiger partial charge in [0.15, 0.2) is 10.3 Å². The summed E-state index contributed by atoms with van der Waals surface area (Å²) < 4.78 is 15.8. The Morgan fingerprint density at radius 3 is 1.79 bits per heavy atom. The highest BCUT2D eigenvalue weighted by Crippen LogP contribution is 2.35. The van der Waals surface area contributed by atoms with E-state index in [4.69, 9.17) is 9.47 Å². The number of nitrogens with one attached hydrogen (secondary N) is 3. The lowest BCUT2D eigenvalue weighted by atomic mass is 9.93. The average Bonchev–Trinajstić information content (AvgIpc) is 3.97. The molecule has 16 heteroatoms. The summed E-state index contributed by atoms with van der Waals surface area (Å²) in [5, 5.41) is 35.6. The smallest absolute Gasteiger partial charge is 0.269 e. The van der Waals surface area contributed by atoms with Crippen molar-refractivity contribution >= 4 is 59.3 Å². The first-order chi connectivity index (χ1) is 28.3. The number of carbonyl (C=O) groups excluding carboxylic acids is 1. The molecule has 9 rings (SSSR count). The average molecular weight is 820 g/mol. The first-order valence-electron chi connectivity index (χ1n) is 19.5. The Balaban J connectivity index is 0.000000162. The second kappa shape index (κ2) is 17.9. The number of benzene rings is 2. The van der Waals surface area contributed by atoms with Crippen molar-refractivity contribution in [2.45, 2.75) is 75.7 Å². The van der Waals surface area contributed by atoms with Gasteiger partial charge in [0.2, 0.25) is 0 Å². The Kier molecular flexibility index (Phi) is 12.1. The van der Waals surface area contributed by atoms with E-state index in [-0.39, 0.29) is 30.2 Å². The highest BCUT2D eigenvalue weighted by molar-refractivity contribution is 7.22. The molecule has 1 amide bonds. The second-order valence-corrected chi connectivity index (χ2v) is 16.5. The zero-order chi connectivity index (χ0) is 40.0. The van der Waals surface area contributed by atoms with Crippen LogP contribution in [0.1, 0.15) is 61.9 Å². The van der Waals surface area contributed by atoms with Gasteiger partial charge in [-0.15, -0.1) is 0 Å². The first kappa shape index (κ1) is 39.2. The lowest BCUT2D eigenvalue weighted by Gasteiger charge is -2.27. The molecule has 0 spiro atoms. The van der Waals surface area contributed by atoms with Crippen LogP contribution in [0, 0.1) is 0 Å². The van der Waals surface area contributed by atoms with Gasteiger partial charge in [-0.3, -0.25) is 19.4 Å². The van der Waals surface area contributed by atoms with Gasteiger partial charge in [0.05, 0.1) is 56.6 Å². The summed E-state index contributed by atoms with van der Waals surface area (Å²) in [6.45, 7) is 0. The number of aliphatic hydroxyl groups is 2. The van der Waals surface area contributed by atoms with Gasteiger partial charge >= 0.3 is 0 Å². The second-order valence-electron chi connectivity index (χ2n) is 14.4. The van der Waals surface area contributed by atoms with Gasteiger partial charge < -0.3 is 35.6 Å². The van der Waals surface area contributed by atoms with Gasteiger partial charge in [0.1, 0.15) is 28.7 Å². The molecule has 300 valence electrons. The SMILES string of the molecule is CNC(=O)c1cc(Oc2ccc3nc(N[C@@H]4CCCC[C@H]4O)sc3c2)ccn1.Cn1cc(-c2cc(Oc3ccc4nc(N[C@@H]5CCCC[C@H]5O)sc4c3)ccn2)cn1. The minimum absolute atomic E-state index is 0.0602. The molecule has 0 unspecified atom stereocenters. The molecule has 58 heavy (non-hydrogen) atoms. The Hall–Kier alpha value is -5.68. The van der Waals surface area contributed by atoms with E-state index < -0.39 is 0 Å². The van der Waals surface area contributed by atoms with Crippen molar-refractivity contribution in [2.75, 3.05) is 17.7 Å². The number of fused-ring (bicyclic) bond motifs is 2. The van der Waals surface area contributed by atoms with Crippen molar-refractivity contribution < 1.29 is 24.5 Å². The Bertz CT molecular complexity index is 2500. The largest absolute Gasteiger partial charge is 0.457 e. The normalized spacial score (nSPS) is 19.2. The van der Waals surface area contributed by atoms with E-state index in [0.29, 0.717) is 17.2 Å². The number of hydrogen-bond donors (Lipinski definition) is 5. The molecular weight excluding hydrogens is 775 g/mol. The lowest BCUT2D eigenvalue weighted by Crippen LogP contribution is -2.36. The number of carbonyl (C=O) groups is 1. The van der Waals surface area contributed by atoms with Crippen LogP contribution in [0.25, 0.3) is 31.7 Å². The summed E-state index contributed by atoms with van der Waals surface area (Å²) >= 11 is 3.12. The molecule has 2 aliphatic carbocycles. The molecule has 2 saturated carbocycles. The predicted octanol–water partition coefficient (Wildman–Crippen LogP) is 8.16. The van der Waals surface area contributed by atoms with Crippen molar-refractivity contribution in [1.82, 2.24) is 35.0 Å². The number of thiazole rings is 2. The van der Waals surface area contributed by atoms with Gasteiger partial charge in [0, 0.05) is 62.5 Å². The number of rotatable bonds is 10. The van der Waals surface area contributed by atoms with E-state index in [0.717, 1.165) is 105 Å². The van der Waals surface area contributed by atoms with Gasteiger partial charge in [-0.05, 0) is 62.1 Å². The number of ether oxygens (including phenoxy) is 2. The number of nitrogens with zero attached hydrogens (tertiary/aromatic N) is 6. The minimum atomic E-state index is -0.319. The maximum absolute atomic E-state index is 11.7. The van der Waals surface area contributed by atoms with Crippen LogP contribution < -0.4 is 25.4 Å². The molecular formula is C42H45N9O5S2. The first-order valence-corrected chi connectivity index (χ1v) is 21.1. The number of hydrogen-bond acceptors (Lipinski definition) is 14. The number of anilines is 2. The molecule has 5 heterocycles. The number of aryl methyl sites for hydroxylation is 1. The lowest BCUT2D eigenvalue weighted by molar-refractivity contribution is 0.0957. The summed E-state index contributed by atoms with van der Waals surface area (Å²) in [4.78, 5) is 29.5. The van der Waals surface area contributed by atoms with Crippen molar-refractivity contribution in [3.8, 4) is 34.3 Å². The van der Waals surface area contributed by atoms with E-state index >= 15 is 0 Å². The van der Waals surface area contributed by atoms with Crippen molar-refractivity contribution in [1.29, 1.82) is 0 Å². The number of aromatic nitrogens is 6. The van der Waals surface area contributed by atoms with E-state index in [1.807, 2.05) is 61.8 Å². The Morgan fingerprint density at radius 1 is 0.724 bits per heavy atom. The topological polar surface area (TPSA) is 181 Å². The van der Waals surface area contributed by atoms with Crippen LogP contribution in [-0.4, -0.2) is 77.2 Å². The molecule has 2 fully saturated rings. The molecule has 0 radical (unpaired) electrons. The maximum atomic E-state index is 11.7. The highest BCUT2D eigenvalue weighted by atomic mass is 32.1. The molecule has 5 N–H and O–H groups in total. The summed E-state index contributed by atoms with van der Waals surface area (Å²) in [6, 6.07) is 18.8. The third-order valence-electron chi connectivity index (χ3n) is 10.2. The molecule has 0 saturated heterocycles. The van der Waals surface area contributed by atoms with Crippen LogP contribution >= 0.6 is 22.7 Å². The molecule has 14 nitrogen and oxygen atoms in total. The number of pyridine rings is 2. The van der Waals surface area contributed by atoms with E-state index in [2.05, 4.69) is 41.0 Å². The quantitative estimate of drug-likeness (QED) is 0.0895. The van der Waals surface area contributed by atoms with Crippen molar-refractivity contribution in [2.24, 2.45) is 7.05 Å². The maximum Gasteiger partial charge on any atom is 0.269 e.